The molecule has 0 aliphatic carbocycles. The number of amides is 1. The fourth-order valence-corrected chi connectivity index (χ4v) is 2.49. The van der Waals surface area contributed by atoms with E-state index < -0.39 is 0 Å². The average molecular weight is 221 g/mol. The molecule has 86 valence electrons. The predicted octanol–water partition coefficient (Wildman–Crippen LogP) is 0.427. The molecule has 0 spiro atoms. The molecule has 3 rings (SSSR count). The largest absolute Gasteiger partial charge is 0.360 e. The van der Waals surface area contributed by atoms with Crippen molar-refractivity contribution < 1.29 is 9.32 Å². The lowest BCUT2D eigenvalue weighted by atomic mass is 9.91. The number of fused-ring (bicyclic) bond motifs is 1. The summed E-state index contributed by atoms with van der Waals surface area (Å²) >= 11 is 0. The van der Waals surface area contributed by atoms with Gasteiger partial charge in [0.05, 0.1) is 0 Å². The van der Waals surface area contributed by atoms with Crippen LogP contribution in [0.1, 0.15) is 40.6 Å². The quantitative estimate of drug-likeness (QED) is 0.721. The molecule has 1 atom stereocenters. The molecular weight excluding hydrogens is 206 g/mol. The van der Waals surface area contributed by atoms with Crippen molar-refractivity contribution >= 4 is 5.91 Å². The van der Waals surface area contributed by atoms with Crippen molar-refractivity contribution in [2.45, 2.75) is 25.2 Å². The highest BCUT2D eigenvalue weighted by Gasteiger charge is 2.30. The van der Waals surface area contributed by atoms with Crippen molar-refractivity contribution in [2.24, 2.45) is 0 Å². The van der Waals surface area contributed by atoms with Gasteiger partial charge in [-0.1, -0.05) is 5.16 Å². The van der Waals surface area contributed by atoms with Crippen LogP contribution in [0.25, 0.3) is 0 Å². The zero-order valence-electron chi connectivity index (χ0n) is 9.08. The molecule has 1 aromatic rings. The zero-order chi connectivity index (χ0) is 11.0. The lowest BCUT2D eigenvalue weighted by molar-refractivity contribution is 0.0941. The number of aromatic nitrogens is 1. The molecule has 2 N–H and O–H groups in total. The van der Waals surface area contributed by atoms with Gasteiger partial charge < -0.3 is 15.2 Å². The van der Waals surface area contributed by atoms with Gasteiger partial charge in [-0.05, 0) is 19.4 Å². The molecule has 0 unspecified atom stereocenters. The molecule has 16 heavy (non-hydrogen) atoms. The van der Waals surface area contributed by atoms with Crippen molar-refractivity contribution in [2.75, 3.05) is 19.6 Å². The highest BCUT2D eigenvalue weighted by molar-refractivity contribution is 5.97. The van der Waals surface area contributed by atoms with E-state index >= 15 is 0 Å². The van der Waals surface area contributed by atoms with E-state index in [0.717, 1.165) is 43.8 Å². The van der Waals surface area contributed by atoms with Crippen LogP contribution in [-0.4, -0.2) is 30.7 Å². The second-order valence-corrected chi connectivity index (χ2v) is 4.42. The Balaban J connectivity index is 1.95. The summed E-state index contributed by atoms with van der Waals surface area (Å²) in [5.41, 5.74) is 1.54. The maximum Gasteiger partial charge on any atom is 0.256 e. The standard InChI is InChI=1S/C11H15N3O2/c15-11-9-8(3-5-13-11)16-14-10(9)7-2-1-4-12-6-7/h7,12H,1-6H2,(H,13,15)/t7-/m1/s1. The number of nitrogens with one attached hydrogen (secondary N) is 2. The molecule has 1 saturated heterocycles. The first-order valence-corrected chi connectivity index (χ1v) is 5.83. The van der Waals surface area contributed by atoms with Crippen molar-refractivity contribution in [1.82, 2.24) is 15.8 Å². The molecule has 5 nitrogen and oxygen atoms in total. The molecule has 5 heteroatoms. The highest BCUT2D eigenvalue weighted by atomic mass is 16.5. The average Bonchev–Trinajstić information content (AvgIpc) is 2.75. The van der Waals surface area contributed by atoms with Crippen molar-refractivity contribution in [3.63, 3.8) is 0 Å². The topological polar surface area (TPSA) is 67.2 Å². The SMILES string of the molecule is O=C1NCCc2onc([C@@H]3CCCNC3)c21. The van der Waals surface area contributed by atoms with E-state index in [0.29, 0.717) is 18.0 Å². The lowest BCUT2D eigenvalue weighted by Gasteiger charge is -2.22. The van der Waals surface area contributed by atoms with Gasteiger partial charge in [-0.3, -0.25) is 4.79 Å². The van der Waals surface area contributed by atoms with E-state index in [1.807, 2.05) is 0 Å². The van der Waals surface area contributed by atoms with Gasteiger partial charge in [-0.15, -0.1) is 0 Å². The third-order valence-electron chi connectivity index (χ3n) is 3.34. The number of rotatable bonds is 1. The van der Waals surface area contributed by atoms with Gasteiger partial charge in [0.1, 0.15) is 11.3 Å². The number of piperidine rings is 1. The van der Waals surface area contributed by atoms with Gasteiger partial charge in [0.15, 0.2) is 5.76 Å². The summed E-state index contributed by atoms with van der Waals surface area (Å²) in [6.45, 7) is 2.61. The molecule has 1 fully saturated rings. The Morgan fingerprint density at radius 1 is 1.38 bits per heavy atom. The maximum absolute atomic E-state index is 11.8. The van der Waals surface area contributed by atoms with Crippen LogP contribution in [0.3, 0.4) is 0 Å². The van der Waals surface area contributed by atoms with E-state index in [9.17, 15) is 4.79 Å². The van der Waals surface area contributed by atoms with Crippen LogP contribution in [0, 0.1) is 0 Å². The molecule has 2 aliphatic heterocycles. The molecule has 2 aliphatic rings. The number of hydrogen-bond donors (Lipinski definition) is 2. The summed E-state index contributed by atoms with van der Waals surface area (Å²) in [7, 11) is 0. The summed E-state index contributed by atoms with van der Waals surface area (Å²) in [5, 5.41) is 10.3. The summed E-state index contributed by atoms with van der Waals surface area (Å²) < 4.78 is 5.27. The Kier molecular flexibility index (Phi) is 2.40. The Labute approximate surface area is 93.6 Å². The third kappa shape index (κ3) is 1.51. The minimum atomic E-state index is -0.0249. The number of nitrogens with zero attached hydrogens (tertiary/aromatic N) is 1. The van der Waals surface area contributed by atoms with Crippen molar-refractivity contribution in [3.8, 4) is 0 Å². The number of carbonyl (C=O) groups is 1. The van der Waals surface area contributed by atoms with Gasteiger partial charge in [-0.2, -0.15) is 0 Å². The van der Waals surface area contributed by atoms with E-state index in [-0.39, 0.29) is 5.91 Å². The maximum atomic E-state index is 11.8. The Morgan fingerprint density at radius 3 is 3.12 bits per heavy atom. The highest BCUT2D eigenvalue weighted by Crippen LogP contribution is 2.28. The second kappa shape index (κ2) is 3.90. The van der Waals surface area contributed by atoms with Crippen LogP contribution < -0.4 is 10.6 Å². The Morgan fingerprint density at radius 2 is 2.31 bits per heavy atom. The summed E-state index contributed by atoms with van der Waals surface area (Å²) in [6, 6.07) is 0. The smallest absolute Gasteiger partial charge is 0.256 e. The minimum absolute atomic E-state index is 0.0249. The molecule has 0 radical (unpaired) electrons. The Hall–Kier alpha value is -1.36. The lowest BCUT2D eigenvalue weighted by Crippen LogP contribution is -2.34. The normalized spacial score (nSPS) is 25.0. The van der Waals surface area contributed by atoms with Gasteiger partial charge in [0, 0.05) is 25.4 Å². The van der Waals surface area contributed by atoms with E-state index in [4.69, 9.17) is 4.52 Å². The number of hydrogen-bond acceptors (Lipinski definition) is 4. The van der Waals surface area contributed by atoms with Gasteiger partial charge in [0.25, 0.3) is 5.91 Å². The molecule has 0 bridgehead atoms. The summed E-state index contributed by atoms with van der Waals surface area (Å²) in [5.74, 6) is 1.05. The molecule has 3 heterocycles. The van der Waals surface area contributed by atoms with Gasteiger partial charge in [-0.25, -0.2) is 0 Å². The number of carbonyl (C=O) groups excluding carboxylic acids is 1. The van der Waals surface area contributed by atoms with Gasteiger partial charge >= 0.3 is 0 Å². The fourth-order valence-electron chi connectivity index (χ4n) is 2.49. The predicted molar refractivity (Wildman–Crippen MR) is 57.4 cm³/mol. The first-order chi connectivity index (χ1) is 7.86. The van der Waals surface area contributed by atoms with Crippen LogP contribution in [0.15, 0.2) is 4.52 Å². The van der Waals surface area contributed by atoms with Crippen LogP contribution in [0.2, 0.25) is 0 Å². The van der Waals surface area contributed by atoms with Crippen molar-refractivity contribution in [3.05, 3.63) is 17.0 Å². The summed E-state index contributed by atoms with van der Waals surface area (Å²) in [6.07, 6.45) is 2.97. The molecule has 1 aromatic heterocycles. The van der Waals surface area contributed by atoms with E-state index in [1.54, 1.807) is 0 Å². The van der Waals surface area contributed by atoms with E-state index in [1.165, 1.54) is 0 Å². The van der Waals surface area contributed by atoms with Crippen LogP contribution in [-0.2, 0) is 6.42 Å². The van der Waals surface area contributed by atoms with Gasteiger partial charge in [0.2, 0.25) is 0 Å². The van der Waals surface area contributed by atoms with Crippen molar-refractivity contribution in [1.29, 1.82) is 0 Å². The van der Waals surface area contributed by atoms with Crippen LogP contribution in [0.4, 0.5) is 0 Å². The monoisotopic (exact) mass is 221 g/mol. The molecule has 0 aromatic carbocycles. The zero-order valence-corrected chi connectivity index (χ0v) is 9.08. The fraction of sp³-hybridized carbons (Fsp3) is 0.636. The molecular formula is C11H15N3O2. The Bertz CT molecular complexity index is 407. The van der Waals surface area contributed by atoms with Crippen LogP contribution in [0.5, 0.6) is 0 Å². The molecule has 1 amide bonds. The molecule has 0 saturated carbocycles. The van der Waals surface area contributed by atoms with E-state index in [2.05, 4.69) is 15.8 Å². The first-order valence-electron chi connectivity index (χ1n) is 5.83. The second-order valence-electron chi connectivity index (χ2n) is 4.42. The third-order valence-corrected chi connectivity index (χ3v) is 3.34. The van der Waals surface area contributed by atoms with Crippen LogP contribution >= 0.6 is 0 Å². The first kappa shape index (κ1) is 9.84. The summed E-state index contributed by atoms with van der Waals surface area (Å²) in [4.78, 5) is 11.8. The minimum Gasteiger partial charge on any atom is -0.360 e.